The van der Waals surface area contributed by atoms with E-state index in [0.29, 0.717) is 6.54 Å². The molecule has 0 amide bonds. The van der Waals surface area contributed by atoms with Crippen molar-refractivity contribution in [3.8, 4) is 5.88 Å². The van der Waals surface area contributed by atoms with Crippen LogP contribution in [0.25, 0.3) is 0 Å². The summed E-state index contributed by atoms with van der Waals surface area (Å²) in [5.74, 6) is 0.811. The first-order valence-corrected chi connectivity index (χ1v) is 6.54. The van der Waals surface area contributed by atoms with Crippen LogP contribution in [0.15, 0.2) is 0 Å². The lowest BCUT2D eigenvalue weighted by Gasteiger charge is -2.27. The molecule has 1 rings (SSSR count). The second-order valence-electron chi connectivity index (χ2n) is 4.72. The van der Waals surface area contributed by atoms with Crippen molar-refractivity contribution in [2.45, 2.75) is 32.7 Å². The standard InChI is InChI=1S/C13H26N4O/c1-6-7-8-16(3)11(9-14)12-10(2)15-17(4)13(12)18-5/h11H,6-9,14H2,1-5H3. The van der Waals surface area contributed by atoms with E-state index in [1.807, 2.05) is 14.0 Å². The summed E-state index contributed by atoms with van der Waals surface area (Å²) >= 11 is 0. The molecule has 5 nitrogen and oxygen atoms in total. The van der Waals surface area contributed by atoms with Gasteiger partial charge < -0.3 is 10.5 Å². The van der Waals surface area contributed by atoms with Crippen LogP contribution in [0, 0.1) is 6.92 Å². The molecule has 0 spiro atoms. The fourth-order valence-corrected chi connectivity index (χ4v) is 2.36. The fourth-order valence-electron chi connectivity index (χ4n) is 2.36. The van der Waals surface area contributed by atoms with Crippen molar-refractivity contribution in [3.05, 3.63) is 11.3 Å². The monoisotopic (exact) mass is 254 g/mol. The van der Waals surface area contributed by atoms with Crippen LogP contribution in [0.5, 0.6) is 5.88 Å². The van der Waals surface area contributed by atoms with E-state index < -0.39 is 0 Å². The average Bonchev–Trinajstić information content (AvgIpc) is 2.62. The van der Waals surface area contributed by atoms with E-state index in [4.69, 9.17) is 10.5 Å². The van der Waals surface area contributed by atoms with E-state index in [9.17, 15) is 0 Å². The number of unbranched alkanes of at least 4 members (excludes halogenated alkanes) is 1. The maximum Gasteiger partial charge on any atom is 0.216 e. The van der Waals surface area contributed by atoms with Gasteiger partial charge in [-0.05, 0) is 26.9 Å². The number of likely N-dealkylation sites (N-methyl/N-ethyl adjacent to an activating group) is 1. The highest BCUT2D eigenvalue weighted by Gasteiger charge is 2.25. The molecule has 1 aromatic heterocycles. The number of aromatic nitrogens is 2. The van der Waals surface area contributed by atoms with Gasteiger partial charge in [0, 0.05) is 13.6 Å². The number of hydrogen-bond donors (Lipinski definition) is 1. The minimum atomic E-state index is 0.167. The molecule has 0 aliphatic carbocycles. The Bertz CT molecular complexity index is 375. The van der Waals surface area contributed by atoms with Gasteiger partial charge in [-0.1, -0.05) is 13.3 Å². The summed E-state index contributed by atoms with van der Waals surface area (Å²) in [6, 6.07) is 0.167. The Kier molecular flexibility index (Phi) is 5.62. The highest BCUT2D eigenvalue weighted by Crippen LogP contribution is 2.30. The topological polar surface area (TPSA) is 56.3 Å². The van der Waals surface area contributed by atoms with Crippen LogP contribution in [0.4, 0.5) is 0 Å². The Morgan fingerprint density at radius 3 is 2.67 bits per heavy atom. The normalized spacial score (nSPS) is 13.1. The zero-order valence-electron chi connectivity index (χ0n) is 12.2. The van der Waals surface area contributed by atoms with Gasteiger partial charge in [0.2, 0.25) is 5.88 Å². The molecule has 1 heterocycles. The lowest BCUT2D eigenvalue weighted by Crippen LogP contribution is -2.31. The highest BCUT2D eigenvalue weighted by atomic mass is 16.5. The summed E-state index contributed by atoms with van der Waals surface area (Å²) in [4.78, 5) is 2.29. The number of ether oxygens (including phenoxy) is 1. The maximum absolute atomic E-state index is 5.94. The van der Waals surface area contributed by atoms with E-state index in [1.165, 1.54) is 12.8 Å². The van der Waals surface area contributed by atoms with Crippen LogP contribution in [0.2, 0.25) is 0 Å². The predicted molar refractivity (Wildman–Crippen MR) is 73.8 cm³/mol. The van der Waals surface area contributed by atoms with E-state index >= 15 is 0 Å². The van der Waals surface area contributed by atoms with E-state index in [-0.39, 0.29) is 6.04 Å². The van der Waals surface area contributed by atoms with Crippen molar-refractivity contribution in [1.82, 2.24) is 14.7 Å². The van der Waals surface area contributed by atoms with Gasteiger partial charge in [0.15, 0.2) is 0 Å². The smallest absolute Gasteiger partial charge is 0.216 e. The minimum Gasteiger partial charge on any atom is -0.481 e. The summed E-state index contributed by atoms with van der Waals surface area (Å²) in [6.07, 6.45) is 2.36. The zero-order valence-corrected chi connectivity index (χ0v) is 12.2. The third-order valence-corrected chi connectivity index (χ3v) is 3.36. The molecule has 104 valence electrons. The molecule has 1 atom stereocenters. The first-order chi connectivity index (χ1) is 8.56. The van der Waals surface area contributed by atoms with Gasteiger partial charge in [0.25, 0.3) is 0 Å². The zero-order chi connectivity index (χ0) is 13.7. The van der Waals surface area contributed by atoms with Crippen LogP contribution in [0.3, 0.4) is 0 Å². The van der Waals surface area contributed by atoms with Gasteiger partial charge in [0.1, 0.15) is 0 Å². The molecule has 0 aliphatic rings. The van der Waals surface area contributed by atoms with Crippen LogP contribution in [-0.2, 0) is 7.05 Å². The van der Waals surface area contributed by atoms with Crippen LogP contribution < -0.4 is 10.5 Å². The minimum absolute atomic E-state index is 0.167. The number of rotatable bonds is 7. The second-order valence-corrected chi connectivity index (χ2v) is 4.72. The Morgan fingerprint density at radius 2 is 2.17 bits per heavy atom. The third kappa shape index (κ3) is 3.03. The predicted octanol–water partition coefficient (Wildman–Crippen LogP) is 1.47. The molecule has 2 N–H and O–H groups in total. The molecule has 0 radical (unpaired) electrons. The number of nitrogens with zero attached hydrogens (tertiary/aromatic N) is 3. The fraction of sp³-hybridized carbons (Fsp3) is 0.769. The molecule has 0 aromatic carbocycles. The van der Waals surface area contributed by atoms with Crippen LogP contribution >= 0.6 is 0 Å². The Labute approximate surface area is 110 Å². The molecule has 1 unspecified atom stereocenters. The first-order valence-electron chi connectivity index (χ1n) is 6.54. The summed E-state index contributed by atoms with van der Waals surface area (Å²) < 4.78 is 7.23. The first kappa shape index (κ1) is 15.0. The Morgan fingerprint density at radius 1 is 1.50 bits per heavy atom. The summed E-state index contributed by atoms with van der Waals surface area (Å²) in [5.41, 5.74) is 8.05. The molecule has 0 fully saturated rings. The van der Waals surface area contributed by atoms with Crippen molar-refractivity contribution in [2.75, 3.05) is 27.2 Å². The van der Waals surface area contributed by atoms with Crippen molar-refractivity contribution in [2.24, 2.45) is 12.8 Å². The number of nitrogens with two attached hydrogens (primary N) is 1. The van der Waals surface area contributed by atoms with Crippen LogP contribution in [-0.4, -0.2) is 41.9 Å². The van der Waals surface area contributed by atoms with Crippen molar-refractivity contribution in [1.29, 1.82) is 0 Å². The quantitative estimate of drug-likeness (QED) is 0.800. The van der Waals surface area contributed by atoms with Crippen LogP contribution in [0.1, 0.15) is 37.1 Å². The molecule has 0 bridgehead atoms. The molecule has 0 saturated heterocycles. The van der Waals surface area contributed by atoms with Gasteiger partial charge in [-0.2, -0.15) is 5.10 Å². The lowest BCUT2D eigenvalue weighted by molar-refractivity contribution is 0.238. The van der Waals surface area contributed by atoms with Crippen molar-refractivity contribution >= 4 is 0 Å². The Hall–Kier alpha value is -1.07. The molecular formula is C13H26N4O. The lowest BCUT2D eigenvalue weighted by atomic mass is 10.1. The molecule has 5 heteroatoms. The summed E-state index contributed by atoms with van der Waals surface area (Å²) in [5, 5.41) is 4.42. The number of methoxy groups -OCH3 is 1. The SMILES string of the molecule is CCCCN(C)C(CN)c1c(C)nn(C)c1OC. The highest BCUT2D eigenvalue weighted by molar-refractivity contribution is 5.34. The average molecular weight is 254 g/mol. The van der Waals surface area contributed by atoms with Gasteiger partial charge >= 0.3 is 0 Å². The largest absolute Gasteiger partial charge is 0.481 e. The summed E-state index contributed by atoms with van der Waals surface area (Å²) in [6.45, 7) is 5.81. The van der Waals surface area contributed by atoms with Crippen molar-refractivity contribution in [3.63, 3.8) is 0 Å². The molecule has 0 aliphatic heterocycles. The second kappa shape index (κ2) is 6.75. The third-order valence-electron chi connectivity index (χ3n) is 3.36. The summed E-state index contributed by atoms with van der Waals surface area (Å²) in [7, 11) is 5.69. The number of aryl methyl sites for hydroxylation is 2. The molecule has 18 heavy (non-hydrogen) atoms. The van der Waals surface area contributed by atoms with E-state index in [0.717, 1.165) is 23.7 Å². The Balaban J connectivity index is 3.00. The van der Waals surface area contributed by atoms with Gasteiger partial charge in [-0.15, -0.1) is 0 Å². The molecule has 1 aromatic rings. The van der Waals surface area contributed by atoms with E-state index in [1.54, 1.807) is 11.8 Å². The van der Waals surface area contributed by atoms with Gasteiger partial charge in [0.05, 0.1) is 24.4 Å². The van der Waals surface area contributed by atoms with Gasteiger partial charge in [-0.3, -0.25) is 4.90 Å². The van der Waals surface area contributed by atoms with Crippen molar-refractivity contribution < 1.29 is 4.74 Å². The maximum atomic E-state index is 5.94. The van der Waals surface area contributed by atoms with E-state index in [2.05, 4.69) is 24.0 Å². The van der Waals surface area contributed by atoms with Gasteiger partial charge in [-0.25, -0.2) is 4.68 Å². The number of hydrogen-bond acceptors (Lipinski definition) is 4. The molecule has 0 saturated carbocycles. The molecular weight excluding hydrogens is 228 g/mol.